The summed E-state index contributed by atoms with van der Waals surface area (Å²) in [6.07, 6.45) is 1.88. The molecule has 0 amide bonds. The second-order valence-corrected chi connectivity index (χ2v) is 12.7. The van der Waals surface area contributed by atoms with Gasteiger partial charge >= 0.3 is 0 Å². The van der Waals surface area contributed by atoms with Crippen molar-refractivity contribution in [3.8, 4) is 22.7 Å². The lowest BCUT2D eigenvalue weighted by Gasteiger charge is -2.23. The van der Waals surface area contributed by atoms with Crippen LogP contribution in [0.1, 0.15) is 22.7 Å². The normalized spacial score (nSPS) is 15.7. The van der Waals surface area contributed by atoms with Crippen LogP contribution in [0.4, 0.5) is 0 Å². The van der Waals surface area contributed by atoms with E-state index in [1.165, 1.54) is 6.34 Å². The molecule has 3 aromatic carbocycles. The summed E-state index contributed by atoms with van der Waals surface area (Å²) in [6.45, 7) is 2.00. The van der Waals surface area contributed by atoms with Gasteiger partial charge in [-0.05, 0) is 61.4 Å². The molecule has 1 unspecified atom stereocenters. The zero-order valence-corrected chi connectivity index (χ0v) is 24.6. The smallest absolute Gasteiger partial charge is 0.219 e. The van der Waals surface area contributed by atoms with Gasteiger partial charge in [0.25, 0.3) is 0 Å². The predicted molar refractivity (Wildman–Crippen MR) is 160 cm³/mol. The van der Waals surface area contributed by atoms with Crippen LogP contribution in [0.15, 0.2) is 77.9 Å². The monoisotopic (exact) mass is 597 g/mol. The minimum atomic E-state index is -3.61. The maximum absolute atomic E-state index is 13.5. The molecule has 0 spiro atoms. The Labute approximate surface area is 244 Å². The standard InChI is InChI=1S/C29H29Cl2N5O3S/c1-19-5-4-6-20(13-19)22(17-40(37,38)29-33-32-18-35(29)2)14-23-16-28(21-7-12-26(30)27(31)15-21)36(34-23)24-8-10-25(39-3)11-9-24/h4-13,15-16,18,22,29,33H,14,17H2,1-3H3/t22-,29?/m1/s1. The van der Waals surface area contributed by atoms with Crippen molar-refractivity contribution in [3.05, 3.63) is 99.7 Å². The fourth-order valence-electron chi connectivity index (χ4n) is 4.81. The molecule has 5 rings (SSSR count). The number of benzene rings is 3. The van der Waals surface area contributed by atoms with Crippen molar-refractivity contribution in [2.75, 3.05) is 19.9 Å². The number of sulfone groups is 1. The first-order valence-electron chi connectivity index (χ1n) is 12.6. The van der Waals surface area contributed by atoms with Crippen molar-refractivity contribution in [2.45, 2.75) is 24.8 Å². The van der Waals surface area contributed by atoms with Gasteiger partial charge in [0, 0.05) is 18.5 Å². The molecule has 1 N–H and O–H groups in total. The van der Waals surface area contributed by atoms with Gasteiger partial charge in [0.2, 0.25) is 5.50 Å². The van der Waals surface area contributed by atoms with Gasteiger partial charge in [0.15, 0.2) is 9.84 Å². The van der Waals surface area contributed by atoms with Crippen molar-refractivity contribution >= 4 is 39.4 Å². The Morgan fingerprint density at radius 2 is 1.80 bits per heavy atom. The molecule has 0 radical (unpaired) electrons. The van der Waals surface area contributed by atoms with Gasteiger partial charge in [-0.2, -0.15) is 10.2 Å². The predicted octanol–water partition coefficient (Wildman–Crippen LogP) is 5.67. The van der Waals surface area contributed by atoms with Gasteiger partial charge in [0.1, 0.15) is 12.1 Å². The Kier molecular flexibility index (Phi) is 8.07. The number of methoxy groups -OCH3 is 1. The first-order chi connectivity index (χ1) is 19.1. The molecule has 40 heavy (non-hydrogen) atoms. The van der Waals surface area contributed by atoms with E-state index in [-0.39, 0.29) is 11.7 Å². The van der Waals surface area contributed by atoms with Crippen molar-refractivity contribution in [1.29, 1.82) is 0 Å². The lowest BCUT2D eigenvalue weighted by Crippen LogP contribution is -2.43. The maximum atomic E-state index is 13.5. The number of nitrogens with one attached hydrogen (secondary N) is 1. The molecule has 0 saturated carbocycles. The van der Waals surface area contributed by atoms with Gasteiger partial charge in [-0.15, -0.1) is 0 Å². The second-order valence-electron chi connectivity index (χ2n) is 9.80. The SMILES string of the molecule is COc1ccc(-n2nc(C[C@H](CS(=O)(=O)C3NN=CN3C)c3cccc(C)c3)cc2-c2ccc(Cl)c(Cl)c2)cc1. The average molecular weight is 599 g/mol. The van der Waals surface area contributed by atoms with E-state index < -0.39 is 15.3 Å². The highest BCUT2D eigenvalue weighted by molar-refractivity contribution is 7.92. The first-order valence-corrected chi connectivity index (χ1v) is 15.1. The summed E-state index contributed by atoms with van der Waals surface area (Å²) >= 11 is 12.6. The van der Waals surface area contributed by atoms with E-state index in [4.69, 9.17) is 33.0 Å². The zero-order valence-electron chi connectivity index (χ0n) is 22.3. The van der Waals surface area contributed by atoms with Crippen LogP contribution >= 0.6 is 23.2 Å². The number of halogens is 2. The topological polar surface area (TPSA) is 88.8 Å². The van der Waals surface area contributed by atoms with Crippen molar-refractivity contribution < 1.29 is 13.2 Å². The Morgan fingerprint density at radius 1 is 1.02 bits per heavy atom. The van der Waals surface area contributed by atoms with E-state index in [0.717, 1.165) is 39.5 Å². The minimum absolute atomic E-state index is 0.0840. The van der Waals surface area contributed by atoms with E-state index in [9.17, 15) is 8.42 Å². The fourth-order valence-corrected chi connectivity index (χ4v) is 6.94. The molecular weight excluding hydrogens is 569 g/mol. The van der Waals surface area contributed by atoms with Gasteiger partial charge in [-0.3, -0.25) is 5.43 Å². The zero-order chi connectivity index (χ0) is 28.4. The Bertz CT molecular complexity index is 1650. The molecule has 1 aromatic heterocycles. The van der Waals surface area contributed by atoms with E-state index in [0.29, 0.717) is 16.5 Å². The highest BCUT2D eigenvalue weighted by Gasteiger charge is 2.34. The molecule has 0 saturated heterocycles. The van der Waals surface area contributed by atoms with Gasteiger partial charge in [0.05, 0.1) is 40.0 Å². The molecule has 208 valence electrons. The van der Waals surface area contributed by atoms with Crippen LogP contribution in [0.25, 0.3) is 16.9 Å². The van der Waals surface area contributed by atoms with Crippen LogP contribution in [-0.2, 0) is 16.3 Å². The molecule has 11 heteroatoms. The van der Waals surface area contributed by atoms with Crippen LogP contribution in [-0.4, -0.2) is 54.8 Å². The summed E-state index contributed by atoms with van der Waals surface area (Å²) in [5.41, 5.74) is 6.97. The van der Waals surface area contributed by atoms with Gasteiger partial charge in [-0.1, -0.05) is 59.1 Å². The van der Waals surface area contributed by atoms with Crippen LogP contribution in [0.5, 0.6) is 5.75 Å². The third-order valence-electron chi connectivity index (χ3n) is 6.83. The van der Waals surface area contributed by atoms with Crippen LogP contribution in [0.2, 0.25) is 10.0 Å². The summed E-state index contributed by atoms with van der Waals surface area (Å²) in [5.74, 6) is 0.298. The van der Waals surface area contributed by atoms with E-state index in [2.05, 4.69) is 10.5 Å². The number of aromatic nitrogens is 2. The number of hydrazone groups is 1. The molecule has 4 aromatic rings. The second kappa shape index (κ2) is 11.5. The summed E-state index contributed by atoms with van der Waals surface area (Å²) in [4.78, 5) is 1.56. The number of hydrogen-bond acceptors (Lipinski definition) is 7. The highest BCUT2D eigenvalue weighted by Crippen LogP contribution is 2.33. The first kappa shape index (κ1) is 28.0. The molecule has 2 atom stereocenters. The molecule has 0 bridgehead atoms. The maximum Gasteiger partial charge on any atom is 0.219 e. The number of hydrogen-bond donors (Lipinski definition) is 1. The van der Waals surface area contributed by atoms with Crippen LogP contribution < -0.4 is 10.2 Å². The Hall–Kier alpha value is -3.53. The molecule has 8 nitrogen and oxygen atoms in total. The van der Waals surface area contributed by atoms with Crippen molar-refractivity contribution in [3.63, 3.8) is 0 Å². The summed E-state index contributed by atoms with van der Waals surface area (Å²) in [7, 11) is -0.300. The third kappa shape index (κ3) is 5.96. The number of nitrogens with zero attached hydrogens (tertiary/aromatic N) is 4. The molecule has 2 heterocycles. The summed E-state index contributed by atoms with van der Waals surface area (Å²) in [5, 5.41) is 9.77. The molecular formula is C29H29Cl2N5O3S. The molecule has 1 aliphatic rings. The number of aryl methyl sites for hydroxylation is 1. The van der Waals surface area contributed by atoms with Gasteiger partial charge < -0.3 is 9.64 Å². The number of rotatable bonds is 9. The Morgan fingerprint density at radius 3 is 2.45 bits per heavy atom. The Balaban J connectivity index is 1.56. The van der Waals surface area contributed by atoms with Gasteiger partial charge in [-0.25, -0.2) is 13.1 Å². The van der Waals surface area contributed by atoms with Crippen LogP contribution in [0.3, 0.4) is 0 Å². The third-order valence-corrected chi connectivity index (χ3v) is 9.55. The lowest BCUT2D eigenvalue weighted by atomic mass is 9.94. The summed E-state index contributed by atoms with van der Waals surface area (Å²) < 4.78 is 34.2. The van der Waals surface area contributed by atoms with E-state index in [1.54, 1.807) is 31.2 Å². The average Bonchev–Trinajstić information content (AvgIpc) is 3.56. The largest absolute Gasteiger partial charge is 0.497 e. The van der Waals surface area contributed by atoms with Crippen molar-refractivity contribution in [2.24, 2.45) is 5.10 Å². The van der Waals surface area contributed by atoms with Crippen LogP contribution in [0, 0.1) is 6.92 Å². The van der Waals surface area contributed by atoms with E-state index >= 15 is 0 Å². The summed E-state index contributed by atoms with van der Waals surface area (Å²) in [6, 6.07) is 22.9. The fraction of sp³-hybridized carbons (Fsp3) is 0.241. The quantitative estimate of drug-likeness (QED) is 0.267. The molecule has 0 fully saturated rings. The molecule has 0 aliphatic carbocycles. The molecule has 1 aliphatic heterocycles. The highest BCUT2D eigenvalue weighted by atomic mass is 35.5. The minimum Gasteiger partial charge on any atom is -0.497 e. The lowest BCUT2D eigenvalue weighted by molar-refractivity contribution is 0.414. The van der Waals surface area contributed by atoms with Crippen molar-refractivity contribution in [1.82, 2.24) is 20.1 Å². The van der Waals surface area contributed by atoms with E-state index in [1.807, 2.05) is 72.3 Å². The number of ether oxygens (including phenoxy) is 1.